The van der Waals surface area contributed by atoms with Gasteiger partial charge in [-0.15, -0.1) is 10.2 Å². The quantitative estimate of drug-likeness (QED) is 0.177. The third kappa shape index (κ3) is 5.26. The van der Waals surface area contributed by atoms with Crippen molar-refractivity contribution in [1.29, 1.82) is 0 Å². The number of hydrogen-bond donors (Lipinski definition) is 0. The van der Waals surface area contributed by atoms with Gasteiger partial charge in [0.2, 0.25) is 0 Å². The summed E-state index contributed by atoms with van der Waals surface area (Å²) in [6, 6.07) is 29.3. The second-order valence-electron chi connectivity index (χ2n) is 8.31. The molecule has 0 aliphatic heterocycles. The van der Waals surface area contributed by atoms with Crippen molar-refractivity contribution < 1.29 is 14.3 Å². The van der Waals surface area contributed by atoms with E-state index < -0.39 is 0 Å². The Balaban J connectivity index is 1.38. The standard InChI is InChI=1S/C29H25N3O3S/c1-20-7-13-26(14-8-20)35-18-28-30-31-29(32(28)24-11-15-25(34-2)16-12-24)36-19-27(33)23-10-9-21-5-3-4-6-22(21)17-23/h3-17H,18-19H2,1-2H3. The Labute approximate surface area is 213 Å². The van der Waals surface area contributed by atoms with E-state index in [0.717, 1.165) is 28.0 Å². The van der Waals surface area contributed by atoms with Gasteiger partial charge in [-0.1, -0.05) is 65.9 Å². The number of methoxy groups -OCH3 is 1. The van der Waals surface area contributed by atoms with Gasteiger partial charge in [-0.05, 0) is 60.2 Å². The molecule has 0 atom stereocenters. The summed E-state index contributed by atoms with van der Waals surface area (Å²) in [6.07, 6.45) is 0. The van der Waals surface area contributed by atoms with Gasteiger partial charge in [0.25, 0.3) is 0 Å². The molecule has 5 aromatic rings. The zero-order chi connectivity index (χ0) is 24.9. The number of rotatable bonds is 9. The van der Waals surface area contributed by atoms with E-state index in [-0.39, 0.29) is 18.1 Å². The van der Waals surface area contributed by atoms with Gasteiger partial charge in [0.1, 0.15) is 18.1 Å². The predicted octanol–water partition coefficient (Wildman–Crippen LogP) is 6.29. The van der Waals surface area contributed by atoms with Crippen LogP contribution in [0.5, 0.6) is 11.5 Å². The molecule has 0 radical (unpaired) electrons. The summed E-state index contributed by atoms with van der Waals surface area (Å²) >= 11 is 1.36. The highest BCUT2D eigenvalue weighted by Gasteiger charge is 2.17. The van der Waals surface area contributed by atoms with Crippen LogP contribution in [0.15, 0.2) is 96.2 Å². The number of carbonyl (C=O) groups is 1. The maximum atomic E-state index is 13.0. The number of hydrogen-bond acceptors (Lipinski definition) is 6. The molecule has 0 saturated carbocycles. The molecule has 0 bridgehead atoms. The molecule has 4 aromatic carbocycles. The molecule has 180 valence electrons. The lowest BCUT2D eigenvalue weighted by molar-refractivity contribution is 0.102. The van der Waals surface area contributed by atoms with Crippen LogP contribution in [0, 0.1) is 6.92 Å². The van der Waals surface area contributed by atoms with E-state index in [1.807, 2.05) is 102 Å². The van der Waals surface area contributed by atoms with E-state index >= 15 is 0 Å². The molecule has 5 rings (SSSR count). The van der Waals surface area contributed by atoms with E-state index in [9.17, 15) is 4.79 Å². The normalized spacial score (nSPS) is 10.9. The van der Waals surface area contributed by atoms with Gasteiger partial charge >= 0.3 is 0 Å². The van der Waals surface area contributed by atoms with Gasteiger partial charge in [0, 0.05) is 11.3 Å². The number of nitrogens with zero attached hydrogens (tertiary/aromatic N) is 3. The van der Waals surface area contributed by atoms with Crippen molar-refractivity contribution in [3.05, 3.63) is 108 Å². The maximum Gasteiger partial charge on any atom is 0.196 e. The first-order chi connectivity index (χ1) is 17.6. The fourth-order valence-electron chi connectivity index (χ4n) is 3.84. The largest absolute Gasteiger partial charge is 0.497 e. The topological polar surface area (TPSA) is 66.2 Å². The number of aryl methyl sites for hydroxylation is 1. The van der Waals surface area contributed by atoms with Crippen molar-refractivity contribution in [2.24, 2.45) is 0 Å². The minimum atomic E-state index is 0.0347. The Bertz CT molecular complexity index is 1500. The van der Waals surface area contributed by atoms with Gasteiger partial charge in [0.15, 0.2) is 16.8 Å². The maximum absolute atomic E-state index is 13.0. The Hall–Kier alpha value is -4.10. The van der Waals surface area contributed by atoms with Gasteiger partial charge in [-0.2, -0.15) is 0 Å². The number of benzene rings is 4. The molecule has 36 heavy (non-hydrogen) atoms. The molecule has 1 aromatic heterocycles. The van der Waals surface area contributed by atoms with Crippen molar-refractivity contribution >= 4 is 28.3 Å². The van der Waals surface area contributed by atoms with Gasteiger partial charge in [-0.3, -0.25) is 9.36 Å². The molecule has 1 heterocycles. The Morgan fingerprint density at radius 2 is 1.58 bits per heavy atom. The monoisotopic (exact) mass is 495 g/mol. The van der Waals surface area contributed by atoms with Crippen LogP contribution < -0.4 is 9.47 Å². The number of ketones is 1. The average molecular weight is 496 g/mol. The summed E-state index contributed by atoms with van der Waals surface area (Å²) in [7, 11) is 1.63. The van der Waals surface area contributed by atoms with E-state index in [1.165, 1.54) is 17.3 Å². The molecular formula is C29H25N3O3S. The summed E-state index contributed by atoms with van der Waals surface area (Å²) in [6.45, 7) is 2.27. The van der Waals surface area contributed by atoms with Gasteiger partial charge in [-0.25, -0.2) is 0 Å². The molecular weight excluding hydrogens is 470 g/mol. The minimum absolute atomic E-state index is 0.0347. The Morgan fingerprint density at radius 1 is 0.861 bits per heavy atom. The van der Waals surface area contributed by atoms with Crippen LogP contribution in [-0.4, -0.2) is 33.4 Å². The lowest BCUT2D eigenvalue weighted by atomic mass is 10.1. The first-order valence-corrected chi connectivity index (χ1v) is 12.5. The fraction of sp³-hybridized carbons (Fsp3) is 0.138. The first-order valence-electron chi connectivity index (χ1n) is 11.5. The lowest BCUT2D eigenvalue weighted by Crippen LogP contribution is -2.08. The van der Waals surface area contributed by atoms with Crippen molar-refractivity contribution in [2.75, 3.05) is 12.9 Å². The molecule has 0 unspecified atom stereocenters. The molecule has 0 spiro atoms. The number of aromatic nitrogens is 3. The van der Waals surface area contributed by atoms with Gasteiger partial charge in [0.05, 0.1) is 12.9 Å². The first kappa shape index (κ1) is 23.6. The predicted molar refractivity (Wildman–Crippen MR) is 142 cm³/mol. The molecule has 0 saturated heterocycles. The highest BCUT2D eigenvalue weighted by Crippen LogP contribution is 2.26. The summed E-state index contributed by atoms with van der Waals surface area (Å²) in [4.78, 5) is 13.0. The van der Waals surface area contributed by atoms with E-state index in [4.69, 9.17) is 9.47 Å². The van der Waals surface area contributed by atoms with Gasteiger partial charge < -0.3 is 9.47 Å². The number of ether oxygens (including phenoxy) is 2. The second kappa shape index (κ2) is 10.7. The lowest BCUT2D eigenvalue weighted by Gasteiger charge is -2.12. The van der Waals surface area contributed by atoms with Crippen molar-refractivity contribution in [3.63, 3.8) is 0 Å². The number of carbonyl (C=O) groups excluding carboxylic acids is 1. The van der Waals surface area contributed by atoms with Crippen LogP contribution in [0.2, 0.25) is 0 Å². The SMILES string of the molecule is COc1ccc(-n2c(COc3ccc(C)cc3)nnc2SCC(=O)c2ccc3ccccc3c2)cc1. The summed E-state index contributed by atoms with van der Waals surface area (Å²) in [5.74, 6) is 2.43. The third-order valence-electron chi connectivity index (χ3n) is 5.82. The molecule has 7 heteroatoms. The summed E-state index contributed by atoms with van der Waals surface area (Å²) < 4.78 is 13.2. The van der Waals surface area contributed by atoms with Crippen LogP contribution in [0.25, 0.3) is 16.5 Å². The molecule has 0 N–H and O–H groups in total. The highest BCUT2D eigenvalue weighted by atomic mass is 32.2. The van der Waals surface area contributed by atoms with Crippen LogP contribution in [-0.2, 0) is 6.61 Å². The molecule has 6 nitrogen and oxygen atoms in total. The van der Waals surface area contributed by atoms with Crippen LogP contribution in [0.1, 0.15) is 21.7 Å². The average Bonchev–Trinajstić information content (AvgIpc) is 3.33. The minimum Gasteiger partial charge on any atom is -0.497 e. The molecule has 0 aliphatic rings. The van der Waals surface area contributed by atoms with Crippen molar-refractivity contribution in [2.45, 2.75) is 18.7 Å². The number of Topliss-reactive ketones (excluding diaryl/α,β-unsaturated/α-hetero) is 1. The van der Waals surface area contributed by atoms with E-state index in [0.29, 0.717) is 16.5 Å². The fourth-order valence-corrected chi connectivity index (χ4v) is 4.70. The van der Waals surface area contributed by atoms with Crippen LogP contribution >= 0.6 is 11.8 Å². The van der Waals surface area contributed by atoms with Crippen LogP contribution in [0.3, 0.4) is 0 Å². The summed E-state index contributed by atoms with van der Waals surface area (Å²) in [5.41, 5.74) is 2.71. The van der Waals surface area contributed by atoms with Crippen LogP contribution in [0.4, 0.5) is 0 Å². The zero-order valence-electron chi connectivity index (χ0n) is 20.0. The Kier molecular flexibility index (Phi) is 7.00. The molecule has 0 aliphatic carbocycles. The second-order valence-corrected chi connectivity index (χ2v) is 9.25. The van der Waals surface area contributed by atoms with Crippen molar-refractivity contribution in [3.8, 4) is 17.2 Å². The number of thioether (sulfide) groups is 1. The number of fused-ring (bicyclic) bond motifs is 1. The molecule has 0 amide bonds. The molecule has 0 fully saturated rings. The van der Waals surface area contributed by atoms with Crippen molar-refractivity contribution in [1.82, 2.24) is 14.8 Å². The third-order valence-corrected chi connectivity index (χ3v) is 6.75. The van der Waals surface area contributed by atoms with E-state index in [1.54, 1.807) is 7.11 Å². The van der Waals surface area contributed by atoms with E-state index in [2.05, 4.69) is 10.2 Å². The summed E-state index contributed by atoms with van der Waals surface area (Å²) in [5, 5.41) is 11.6. The Morgan fingerprint density at radius 3 is 2.33 bits per heavy atom. The smallest absolute Gasteiger partial charge is 0.196 e. The highest BCUT2D eigenvalue weighted by molar-refractivity contribution is 7.99. The zero-order valence-corrected chi connectivity index (χ0v) is 20.9.